The molecule has 0 saturated carbocycles. The molecule has 0 unspecified atom stereocenters. The van der Waals surface area contributed by atoms with Crippen molar-refractivity contribution in [3.8, 4) is 0 Å². The van der Waals surface area contributed by atoms with Gasteiger partial charge in [0.15, 0.2) is 0 Å². The molecule has 0 aromatic heterocycles. The number of nitrogens with zero attached hydrogens (tertiary/aromatic N) is 2. The highest BCUT2D eigenvalue weighted by Crippen LogP contribution is 2.40. The van der Waals surface area contributed by atoms with Gasteiger partial charge in [0.25, 0.3) is 0 Å². The van der Waals surface area contributed by atoms with Gasteiger partial charge in [-0.25, -0.2) is 0 Å². The van der Waals surface area contributed by atoms with E-state index in [1.807, 2.05) is 54.0 Å². The second-order valence-electron chi connectivity index (χ2n) is 12.3. The monoisotopic (exact) mass is 570 g/mol. The SMILES string of the molecule is CN[C@H](Cc1ccccc1)C(=O)N[C@H](CC(C)C)C(=O)N[C@H](CCCCN)C(=O)N1CCC2(CC1)CN(C(C)=O)C2. The highest BCUT2D eigenvalue weighted by Gasteiger charge is 2.47. The first-order chi connectivity index (χ1) is 19.6. The molecule has 2 saturated heterocycles. The van der Waals surface area contributed by atoms with Gasteiger partial charge >= 0.3 is 0 Å². The highest BCUT2D eigenvalue weighted by atomic mass is 16.2. The van der Waals surface area contributed by atoms with Gasteiger partial charge in [0.2, 0.25) is 23.6 Å². The van der Waals surface area contributed by atoms with E-state index < -0.39 is 18.1 Å². The minimum absolute atomic E-state index is 0.0835. The Balaban J connectivity index is 1.64. The number of amides is 4. The third-order valence-electron chi connectivity index (χ3n) is 8.48. The molecule has 41 heavy (non-hydrogen) atoms. The van der Waals surface area contributed by atoms with E-state index in [1.165, 1.54) is 0 Å². The van der Waals surface area contributed by atoms with Crippen molar-refractivity contribution >= 4 is 23.6 Å². The Labute approximate surface area is 245 Å². The van der Waals surface area contributed by atoms with Gasteiger partial charge in [0.1, 0.15) is 12.1 Å². The zero-order chi connectivity index (χ0) is 30.0. The molecule has 228 valence electrons. The van der Waals surface area contributed by atoms with Crippen molar-refractivity contribution in [1.29, 1.82) is 0 Å². The molecule has 4 amide bonds. The molecule has 2 aliphatic heterocycles. The lowest BCUT2D eigenvalue weighted by molar-refractivity contribution is -0.149. The summed E-state index contributed by atoms with van der Waals surface area (Å²) in [5.41, 5.74) is 6.84. The quantitative estimate of drug-likeness (QED) is 0.250. The summed E-state index contributed by atoms with van der Waals surface area (Å²) in [5, 5.41) is 9.03. The molecule has 2 aliphatic rings. The number of nitrogens with one attached hydrogen (secondary N) is 3. The molecule has 1 spiro atoms. The first kappa shape index (κ1) is 32.5. The molecule has 10 nitrogen and oxygen atoms in total. The average molecular weight is 571 g/mol. The molecule has 1 aromatic rings. The summed E-state index contributed by atoms with van der Waals surface area (Å²) < 4.78 is 0. The van der Waals surface area contributed by atoms with E-state index in [1.54, 1.807) is 14.0 Å². The molecule has 3 atom stereocenters. The van der Waals surface area contributed by atoms with Gasteiger partial charge in [-0.2, -0.15) is 0 Å². The Kier molecular flexibility index (Phi) is 12.1. The summed E-state index contributed by atoms with van der Waals surface area (Å²) in [6.07, 6.45) is 4.65. The fourth-order valence-electron chi connectivity index (χ4n) is 5.90. The number of hydrogen-bond acceptors (Lipinski definition) is 6. The Bertz CT molecular complexity index is 1020. The lowest BCUT2D eigenvalue weighted by atomic mass is 9.72. The van der Waals surface area contributed by atoms with Crippen LogP contribution in [0.2, 0.25) is 0 Å². The summed E-state index contributed by atoms with van der Waals surface area (Å²) in [6, 6.07) is 7.83. The Hall–Kier alpha value is -2.98. The summed E-state index contributed by atoms with van der Waals surface area (Å²) in [7, 11) is 1.74. The molecule has 2 fully saturated rings. The van der Waals surface area contributed by atoms with Crippen LogP contribution in [0.25, 0.3) is 0 Å². The Morgan fingerprint density at radius 3 is 2.07 bits per heavy atom. The number of rotatable bonds is 14. The van der Waals surface area contributed by atoms with Crippen LogP contribution in [0.15, 0.2) is 30.3 Å². The third kappa shape index (κ3) is 9.26. The number of likely N-dealkylation sites (tertiary alicyclic amines) is 2. The van der Waals surface area contributed by atoms with E-state index in [0.29, 0.717) is 38.9 Å². The normalized spacial score (nSPS) is 18.4. The molecule has 1 aromatic carbocycles. The van der Waals surface area contributed by atoms with Crippen molar-refractivity contribution in [2.24, 2.45) is 17.1 Å². The van der Waals surface area contributed by atoms with Crippen LogP contribution in [0.3, 0.4) is 0 Å². The number of carbonyl (C=O) groups excluding carboxylic acids is 4. The van der Waals surface area contributed by atoms with E-state index >= 15 is 0 Å². The van der Waals surface area contributed by atoms with Crippen molar-refractivity contribution in [2.45, 2.75) is 83.8 Å². The third-order valence-corrected chi connectivity index (χ3v) is 8.48. The maximum absolute atomic E-state index is 13.7. The Morgan fingerprint density at radius 2 is 1.51 bits per heavy atom. The number of unbranched alkanes of at least 4 members (excludes halogenated alkanes) is 1. The summed E-state index contributed by atoms with van der Waals surface area (Å²) in [6.45, 7) is 8.88. The molecule has 2 heterocycles. The number of likely N-dealkylation sites (N-methyl/N-ethyl adjacent to an activating group) is 1. The first-order valence-corrected chi connectivity index (χ1v) is 15.1. The van der Waals surface area contributed by atoms with Gasteiger partial charge in [-0.05, 0) is 70.0 Å². The Morgan fingerprint density at radius 1 is 0.902 bits per heavy atom. The zero-order valence-corrected chi connectivity index (χ0v) is 25.3. The van der Waals surface area contributed by atoms with Crippen LogP contribution in [-0.4, -0.2) is 91.3 Å². The summed E-state index contributed by atoms with van der Waals surface area (Å²) in [5.74, 6) is -0.405. The highest BCUT2D eigenvalue weighted by molar-refractivity contribution is 5.93. The standard InChI is InChI=1S/C31H50N6O4/c1-22(2)18-27(35-28(39)26(33-4)19-24-10-6-5-7-11-24)29(40)34-25(12-8-9-15-32)30(41)36-16-13-31(14-17-36)20-37(21-31)23(3)38/h5-7,10-11,22,25-27,33H,8-9,12-21,32H2,1-4H3,(H,34,40)(H,35,39)/t25-,26-,27-/m1/s1. The van der Waals surface area contributed by atoms with E-state index in [-0.39, 0.29) is 35.0 Å². The molecular formula is C31H50N6O4. The number of nitrogens with two attached hydrogens (primary N) is 1. The van der Waals surface area contributed by atoms with Crippen molar-refractivity contribution in [1.82, 2.24) is 25.8 Å². The fraction of sp³-hybridized carbons (Fsp3) is 0.677. The lowest BCUT2D eigenvalue weighted by Gasteiger charge is -2.54. The van der Waals surface area contributed by atoms with E-state index in [9.17, 15) is 19.2 Å². The molecular weight excluding hydrogens is 520 g/mol. The van der Waals surface area contributed by atoms with Gasteiger partial charge in [-0.15, -0.1) is 0 Å². The maximum atomic E-state index is 13.7. The van der Waals surface area contributed by atoms with Crippen LogP contribution in [0.5, 0.6) is 0 Å². The van der Waals surface area contributed by atoms with Crippen molar-refractivity contribution in [3.63, 3.8) is 0 Å². The minimum Gasteiger partial charge on any atom is -0.343 e. The number of piperidine rings is 1. The largest absolute Gasteiger partial charge is 0.343 e. The minimum atomic E-state index is -0.754. The topological polar surface area (TPSA) is 137 Å². The summed E-state index contributed by atoms with van der Waals surface area (Å²) >= 11 is 0. The summed E-state index contributed by atoms with van der Waals surface area (Å²) in [4.78, 5) is 55.9. The van der Waals surface area contributed by atoms with Crippen molar-refractivity contribution in [3.05, 3.63) is 35.9 Å². The van der Waals surface area contributed by atoms with Gasteiger partial charge in [0.05, 0.1) is 6.04 Å². The van der Waals surface area contributed by atoms with Crippen molar-refractivity contribution < 1.29 is 19.2 Å². The number of carbonyl (C=O) groups is 4. The maximum Gasteiger partial charge on any atom is 0.245 e. The van der Waals surface area contributed by atoms with Crippen LogP contribution in [0.1, 0.15) is 64.9 Å². The fourth-order valence-corrected chi connectivity index (χ4v) is 5.90. The van der Waals surface area contributed by atoms with Crippen LogP contribution in [0.4, 0.5) is 0 Å². The number of benzene rings is 1. The van der Waals surface area contributed by atoms with Gasteiger partial charge in [-0.3, -0.25) is 19.2 Å². The van der Waals surface area contributed by atoms with Crippen molar-refractivity contribution in [2.75, 3.05) is 39.8 Å². The molecule has 10 heteroatoms. The van der Waals surface area contributed by atoms with Crippen LogP contribution in [-0.2, 0) is 25.6 Å². The first-order valence-electron chi connectivity index (χ1n) is 15.1. The van der Waals surface area contributed by atoms with E-state index in [0.717, 1.165) is 44.3 Å². The molecule has 0 aliphatic carbocycles. The van der Waals surface area contributed by atoms with Gasteiger partial charge in [0, 0.05) is 38.5 Å². The molecule has 5 N–H and O–H groups in total. The van der Waals surface area contributed by atoms with E-state index in [4.69, 9.17) is 5.73 Å². The molecule has 3 rings (SSSR count). The smallest absolute Gasteiger partial charge is 0.245 e. The van der Waals surface area contributed by atoms with E-state index in [2.05, 4.69) is 16.0 Å². The number of hydrogen-bond donors (Lipinski definition) is 4. The van der Waals surface area contributed by atoms with Crippen LogP contribution >= 0.6 is 0 Å². The average Bonchev–Trinajstić information content (AvgIpc) is 2.93. The second kappa shape index (κ2) is 15.3. The predicted molar refractivity (Wildman–Crippen MR) is 160 cm³/mol. The van der Waals surface area contributed by atoms with Gasteiger partial charge in [-0.1, -0.05) is 44.2 Å². The van der Waals surface area contributed by atoms with Gasteiger partial charge < -0.3 is 31.5 Å². The second-order valence-corrected chi connectivity index (χ2v) is 12.3. The van der Waals surface area contributed by atoms with Crippen LogP contribution < -0.4 is 21.7 Å². The lowest BCUT2D eigenvalue weighted by Crippen LogP contribution is -2.63. The zero-order valence-electron chi connectivity index (χ0n) is 25.3. The van der Waals surface area contributed by atoms with Crippen LogP contribution in [0, 0.1) is 11.3 Å². The molecule has 0 radical (unpaired) electrons. The predicted octanol–water partition coefficient (Wildman–Crippen LogP) is 1.43. The molecule has 0 bridgehead atoms.